The summed E-state index contributed by atoms with van der Waals surface area (Å²) in [6.07, 6.45) is 0. The predicted octanol–water partition coefficient (Wildman–Crippen LogP) is 5.19. The van der Waals surface area contributed by atoms with Gasteiger partial charge in [0.05, 0.1) is 6.04 Å². The first kappa shape index (κ1) is 14.4. The average Bonchev–Trinajstić information content (AvgIpc) is 2.87. The van der Waals surface area contributed by atoms with Crippen molar-refractivity contribution in [1.29, 1.82) is 0 Å². The normalized spacial score (nSPS) is 12.8. The topological polar surface area (TPSA) is 25.2 Å². The van der Waals surface area contributed by atoms with E-state index >= 15 is 0 Å². The average molecular weight is 324 g/mol. The van der Waals surface area contributed by atoms with Crippen LogP contribution in [0.2, 0.25) is 10.0 Å². The largest absolute Gasteiger partial charge is 0.456 e. The fourth-order valence-electron chi connectivity index (χ4n) is 2.38. The Balaban J connectivity index is 2.11. The Morgan fingerprint density at radius 3 is 2.62 bits per heavy atom. The van der Waals surface area contributed by atoms with E-state index in [1.807, 2.05) is 18.2 Å². The summed E-state index contributed by atoms with van der Waals surface area (Å²) >= 11 is 12.2. The van der Waals surface area contributed by atoms with Crippen LogP contribution in [0.15, 0.2) is 46.9 Å². The second-order valence-electron chi connectivity index (χ2n) is 4.69. The summed E-state index contributed by atoms with van der Waals surface area (Å²) in [7, 11) is 1.79. The van der Waals surface area contributed by atoms with Crippen LogP contribution in [-0.2, 0) is 0 Å². The van der Waals surface area contributed by atoms with Crippen molar-refractivity contribution in [3.63, 3.8) is 0 Å². The van der Waals surface area contributed by atoms with Gasteiger partial charge in [-0.05, 0) is 36.9 Å². The minimum atomic E-state index is -0.379. The van der Waals surface area contributed by atoms with Crippen molar-refractivity contribution in [2.24, 2.45) is 0 Å². The zero-order valence-electron chi connectivity index (χ0n) is 11.2. The molecule has 0 amide bonds. The molecule has 0 bridgehead atoms. The number of fused-ring (bicyclic) bond motifs is 1. The highest BCUT2D eigenvalue weighted by molar-refractivity contribution is 6.35. The summed E-state index contributed by atoms with van der Waals surface area (Å²) in [5, 5.41) is 4.94. The van der Waals surface area contributed by atoms with E-state index in [1.54, 1.807) is 25.2 Å². The van der Waals surface area contributed by atoms with E-state index in [2.05, 4.69) is 5.32 Å². The van der Waals surface area contributed by atoms with Gasteiger partial charge in [0, 0.05) is 15.4 Å². The van der Waals surface area contributed by atoms with Crippen LogP contribution in [0.3, 0.4) is 0 Å². The van der Waals surface area contributed by atoms with Gasteiger partial charge in [0.2, 0.25) is 0 Å². The molecule has 21 heavy (non-hydrogen) atoms. The molecule has 1 unspecified atom stereocenters. The first-order valence-electron chi connectivity index (χ1n) is 6.40. The van der Waals surface area contributed by atoms with Crippen molar-refractivity contribution in [1.82, 2.24) is 5.32 Å². The summed E-state index contributed by atoms with van der Waals surface area (Å²) in [6, 6.07) is 11.6. The molecule has 108 valence electrons. The summed E-state index contributed by atoms with van der Waals surface area (Å²) < 4.78 is 19.4. The summed E-state index contributed by atoms with van der Waals surface area (Å²) in [5.41, 5.74) is 1.07. The third-order valence-electron chi connectivity index (χ3n) is 3.36. The van der Waals surface area contributed by atoms with Crippen LogP contribution in [0.4, 0.5) is 4.39 Å². The second kappa shape index (κ2) is 5.68. The molecule has 1 heterocycles. The molecule has 5 heteroatoms. The Labute approximate surface area is 131 Å². The maximum atomic E-state index is 13.7. The molecule has 0 fully saturated rings. The quantitative estimate of drug-likeness (QED) is 0.717. The highest BCUT2D eigenvalue weighted by Crippen LogP contribution is 2.33. The SMILES string of the molecule is CNC(c1cc2cccc(F)c2o1)c1ccc(Cl)cc1Cl. The van der Waals surface area contributed by atoms with Crippen molar-refractivity contribution in [2.75, 3.05) is 7.05 Å². The Morgan fingerprint density at radius 2 is 1.95 bits per heavy atom. The molecule has 3 rings (SSSR count). The van der Waals surface area contributed by atoms with Gasteiger partial charge in [-0.2, -0.15) is 0 Å². The third-order valence-corrected chi connectivity index (χ3v) is 3.92. The number of furan rings is 1. The van der Waals surface area contributed by atoms with Crippen LogP contribution in [-0.4, -0.2) is 7.05 Å². The minimum absolute atomic E-state index is 0.248. The maximum absolute atomic E-state index is 13.7. The fourth-order valence-corrected chi connectivity index (χ4v) is 2.89. The van der Waals surface area contributed by atoms with Gasteiger partial charge in [-0.15, -0.1) is 0 Å². The predicted molar refractivity (Wildman–Crippen MR) is 83.5 cm³/mol. The van der Waals surface area contributed by atoms with Gasteiger partial charge in [-0.1, -0.05) is 41.4 Å². The van der Waals surface area contributed by atoms with Crippen LogP contribution in [0, 0.1) is 5.82 Å². The number of halogens is 3. The van der Waals surface area contributed by atoms with E-state index in [0.717, 1.165) is 10.9 Å². The van der Waals surface area contributed by atoms with Gasteiger partial charge in [0.15, 0.2) is 11.4 Å². The van der Waals surface area contributed by atoms with Crippen LogP contribution in [0.1, 0.15) is 17.4 Å². The first-order valence-corrected chi connectivity index (χ1v) is 7.16. The van der Waals surface area contributed by atoms with Crippen LogP contribution in [0.25, 0.3) is 11.0 Å². The van der Waals surface area contributed by atoms with E-state index in [1.165, 1.54) is 6.07 Å². The molecule has 0 saturated heterocycles. The lowest BCUT2D eigenvalue weighted by atomic mass is 10.0. The van der Waals surface area contributed by atoms with Crippen molar-refractivity contribution >= 4 is 34.2 Å². The monoisotopic (exact) mass is 323 g/mol. The number of benzene rings is 2. The van der Waals surface area contributed by atoms with Gasteiger partial charge < -0.3 is 9.73 Å². The maximum Gasteiger partial charge on any atom is 0.169 e. The molecule has 1 atom stereocenters. The van der Waals surface area contributed by atoms with E-state index < -0.39 is 0 Å². The van der Waals surface area contributed by atoms with Crippen LogP contribution < -0.4 is 5.32 Å². The van der Waals surface area contributed by atoms with Crippen molar-refractivity contribution < 1.29 is 8.81 Å². The Hall–Kier alpha value is -1.55. The van der Waals surface area contributed by atoms with Crippen LogP contribution >= 0.6 is 23.2 Å². The smallest absolute Gasteiger partial charge is 0.169 e. The Morgan fingerprint density at radius 1 is 1.14 bits per heavy atom. The molecule has 0 aliphatic heterocycles. The van der Waals surface area contributed by atoms with E-state index in [0.29, 0.717) is 15.8 Å². The van der Waals surface area contributed by atoms with Crippen molar-refractivity contribution in [3.8, 4) is 0 Å². The van der Waals surface area contributed by atoms with Gasteiger partial charge in [-0.25, -0.2) is 4.39 Å². The summed E-state index contributed by atoms with van der Waals surface area (Å²) in [6.45, 7) is 0. The van der Waals surface area contributed by atoms with Crippen molar-refractivity contribution in [3.05, 3.63) is 69.7 Å². The number of nitrogens with one attached hydrogen (secondary N) is 1. The second-order valence-corrected chi connectivity index (χ2v) is 5.54. The molecule has 0 radical (unpaired) electrons. The molecule has 0 spiro atoms. The molecule has 2 aromatic carbocycles. The number of para-hydroxylation sites is 1. The molecule has 1 aromatic heterocycles. The zero-order valence-corrected chi connectivity index (χ0v) is 12.7. The first-order chi connectivity index (χ1) is 10.1. The summed E-state index contributed by atoms with van der Waals surface area (Å²) in [5.74, 6) is 0.220. The molecule has 1 N–H and O–H groups in total. The molecular formula is C16H12Cl2FNO. The highest BCUT2D eigenvalue weighted by Gasteiger charge is 2.20. The third kappa shape index (κ3) is 2.64. The van der Waals surface area contributed by atoms with Gasteiger partial charge in [0.1, 0.15) is 5.76 Å². The lowest BCUT2D eigenvalue weighted by Crippen LogP contribution is -2.17. The standard InChI is InChI=1S/C16H12Cl2FNO/c1-20-15(11-6-5-10(17)8-12(11)18)14-7-9-3-2-4-13(19)16(9)21-14/h2-8,15,20H,1H3. The van der Waals surface area contributed by atoms with Gasteiger partial charge in [0.25, 0.3) is 0 Å². The molecule has 2 nitrogen and oxygen atoms in total. The van der Waals surface area contributed by atoms with Gasteiger partial charge >= 0.3 is 0 Å². The minimum Gasteiger partial charge on any atom is -0.456 e. The van der Waals surface area contributed by atoms with E-state index in [4.69, 9.17) is 27.6 Å². The fraction of sp³-hybridized carbons (Fsp3) is 0.125. The summed E-state index contributed by atoms with van der Waals surface area (Å²) in [4.78, 5) is 0. The zero-order chi connectivity index (χ0) is 15.0. The Bertz CT molecular complexity index is 800. The number of hydrogen-bond acceptors (Lipinski definition) is 2. The number of hydrogen-bond donors (Lipinski definition) is 1. The van der Waals surface area contributed by atoms with E-state index in [9.17, 15) is 4.39 Å². The van der Waals surface area contributed by atoms with Crippen LogP contribution in [0.5, 0.6) is 0 Å². The lowest BCUT2D eigenvalue weighted by molar-refractivity contribution is 0.476. The molecule has 0 aliphatic rings. The molecule has 3 aromatic rings. The number of rotatable bonds is 3. The van der Waals surface area contributed by atoms with Gasteiger partial charge in [-0.3, -0.25) is 0 Å². The lowest BCUT2D eigenvalue weighted by Gasteiger charge is -2.15. The molecule has 0 saturated carbocycles. The van der Waals surface area contributed by atoms with E-state index in [-0.39, 0.29) is 17.4 Å². The Kier molecular flexibility index (Phi) is 3.89. The molecule has 0 aliphatic carbocycles. The van der Waals surface area contributed by atoms with Crippen molar-refractivity contribution in [2.45, 2.75) is 6.04 Å². The molecular weight excluding hydrogens is 312 g/mol. The highest BCUT2D eigenvalue weighted by atomic mass is 35.5.